The lowest BCUT2D eigenvalue weighted by atomic mass is 10.1. The van der Waals surface area contributed by atoms with E-state index in [1.54, 1.807) is 13.3 Å². The van der Waals surface area contributed by atoms with E-state index in [9.17, 15) is 4.21 Å². The molecule has 0 bridgehead atoms. The number of nitrogens with zero attached hydrogens (tertiary/aromatic N) is 2. The van der Waals surface area contributed by atoms with E-state index in [-0.39, 0.29) is 0 Å². The summed E-state index contributed by atoms with van der Waals surface area (Å²) in [7, 11) is 1.88. The third-order valence-electron chi connectivity index (χ3n) is 2.65. The van der Waals surface area contributed by atoms with E-state index >= 15 is 0 Å². The molecule has 1 saturated heterocycles. The first-order chi connectivity index (χ1) is 5.56. The Morgan fingerprint density at radius 3 is 2.33 bits per heavy atom. The lowest BCUT2D eigenvalue weighted by molar-refractivity contribution is 0.280. The molecule has 1 unspecified atom stereocenters. The molecule has 0 aliphatic carbocycles. The van der Waals surface area contributed by atoms with Crippen LogP contribution >= 0.6 is 0 Å². The minimum Gasteiger partial charge on any atom is -0.306 e. The molecule has 0 radical (unpaired) electrons. The molecule has 4 heteroatoms. The summed E-state index contributed by atoms with van der Waals surface area (Å²) in [4.78, 5) is 2.28. The molecule has 0 N–H and O–H groups in total. The molecule has 0 amide bonds. The zero-order chi connectivity index (χ0) is 9.19. The van der Waals surface area contributed by atoms with Crippen LogP contribution in [0.3, 0.4) is 0 Å². The van der Waals surface area contributed by atoms with E-state index in [0.29, 0.717) is 5.25 Å². The van der Waals surface area contributed by atoms with Crippen molar-refractivity contribution in [3.05, 3.63) is 0 Å². The second-order valence-corrected chi connectivity index (χ2v) is 6.30. The molecule has 1 fully saturated rings. The van der Waals surface area contributed by atoms with Gasteiger partial charge in [0.15, 0.2) is 0 Å². The highest BCUT2D eigenvalue weighted by atomic mass is 32.2. The molecule has 3 nitrogen and oxygen atoms in total. The first-order valence-electron chi connectivity index (χ1n) is 4.34. The molecular weight excluding hydrogens is 172 g/mol. The van der Waals surface area contributed by atoms with Gasteiger partial charge in [-0.05, 0) is 33.0 Å². The van der Waals surface area contributed by atoms with Gasteiger partial charge in [-0.25, -0.2) is 8.57 Å². The van der Waals surface area contributed by atoms with Gasteiger partial charge in [0.25, 0.3) is 0 Å². The largest absolute Gasteiger partial charge is 0.306 e. The molecule has 0 spiro atoms. The van der Waals surface area contributed by atoms with Crippen molar-refractivity contribution in [2.24, 2.45) is 4.36 Å². The Hall–Kier alpha value is -0.0900. The van der Waals surface area contributed by atoms with Crippen LogP contribution in [0.1, 0.15) is 12.8 Å². The molecule has 72 valence electrons. The van der Waals surface area contributed by atoms with Crippen molar-refractivity contribution in [1.82, 2.24) is 4.90 Å². The van der Waals surface area contributed by atoms with Gasteiger partial charge in [-0.1, -0.05) is 0 Å². The average Bonchev–Trinajstić information content (AvgIpc) is 2.05. The standard InChI is InChI=1S/C8H18N2OS/c1-9-12(3,11)8-4-6-10(2)7-5-8/h8H,4-7H2,1-3H3. The first kappa shape index (κ1) is 9.99. The van der Waals surface area contributed by atoms with Crippen molar-refractivity contribution < 1.29 is 4.21 Å². The SMILES string of the molecule is CN=S(C)(=O)C1CCN(C)CC1. The maximum atomic E-state index is 11.8. The minimum atomic E-state index is -1.90. The van der Waals surface area contributed by atoms with Gasteiger partial charge in [-0.2, -0.15) is 0 Å². The van der Waals surface area contributed by atoms with Gasteiger partial charge in [0.2, 0.25) is 0 Å². The fourth-order valence-corrected chi connectivity index (χ4v) is 2.95. The van der Waals surface area contributed by atoms with Gasteiger partial charge in [0.1, 0.15) is 0 Å². The number of hydrogen-bond donors (Lipinski definition) is 0. The van der Waals surface area contributed by atoms with E-state index < -0.39 is 9.73 Å². The van der Waals surface area contributed by atoms with Crippen molar-refractivity contribution in [2.75, 3.05) is 33.4 Å². The van der Waals surface area contributed by atoms with Crippen LogP contribution in [0.5, 0.6) is 0 Å². The highest BCUT2D eigenvalue weighted by Gasteiger charge is 2.22. The lowest BCUT2D eigenvalue weighted by Gasteiger charge is -2.29. The van der Waals surface area contributed by atoms with Crippen molar-refractivity contribution in [3.8, 4) is 0 Å². The number of piperidine rings is 1. The fourth-order valence-electron chi connectivity index (χ4n) is 1.57. The molecule has 1 atom stereocenters. The van der Waals surface area contributed by atoms with Gasteiger partial charge in [0, 0.05) is 28.3 Å². The Morgan fingerprint density at radius 1 is 1.42 bits per heavy atom. The Bertz CT molecular complexity index is 248. The number of hydrogen-bond acceptors (Lipinski definition) is 3. The molecule has 0 aromatic rings. The summed E-state index contributed by atoms with van der Waals surface area (Å²) < 4.78 is 15.8. The topological polar surface area (TPSA) is 32.7 Å². The van der Waals surface area contributed by atoms with E-state index in [0.717, 1.165) is 25.9 Å². The highest BCUT2D eigenvalue weighted by Crippen LogP contribution is 2.17. The van der Waals surface area contributed by atoms with E-state index in [2.05, 4.69) is 16.3 Å². The van der Waals surface area contributed by atoms with Gasteiger partial charge in [-0.3, -0.25) is 0 Å². The zero-order valence-corrected chi connectivity index (χ0v) is 8.93. The van der Waals surface area contributed by atoms with Crippen molar-refractivity contribution >= 4 is 9.73 Å². The van der Waals surface area contributed by atoms with Crippen LogP contribution in [0.4, 0.5) is 0 Å². The van der Waals surface area contributed by atoms with E-state index in [4.69, 9.17) is 0 Å². The predicted molar refractivity (Wildman–Crippen MR) is 52.9 cm³/mol. The van der Waals surface area contributed by atoms with Gasteiger partial charge in [0.05, 0.1) is 0 Å². The average molecular weight is 190 g/mol. The molecule has 0 aromatic carbocycles. The lowest BCUT2D eigenvalue weighted by Crippen LogP contribution is -2.36. The summed E-state index contributed by atoms with van der Waals surface area (Å²) in [6.07, 6.45) is 3.84. The van der Waals surface area contributed by atoms with Crippen LogP contribution in [0.2, 0.25) is 0 Å². The molecule has 1 aliphatic rings. The molecule has 12 heavy (non-hydrogen) atoms. The summed E-state index contributed by atoms with van der Waals surface area (Å²) in [6, 6.07) is 0. The quantitative estimate of drug-likeness (QED) is 0.613. The van der Waals surface area contributed by atoms with Crippen LogP contribution in [-0.4, -0.2) is 47.8 Å². The van der Waals surface area contributed by atoms with E-state index in [1.807, 2.05) is 0 Å². The molecule has 1 heterocycles. The van der Waals surface area contributed by atoms with Crippen molar-refractivity contribution in [2.45, 2.75) is 18.1 Å². The van der Waals surface area contributed by atoms with Crippen LogP contribution in [0.15, 0.2) is 4.36 Å². The third-order valence-corrected chi connectivity index (χ3v) is 5.08. The highest BCUT2D eigenvalue weighted by molar-refractivity contribution is 7.93. The second kappa shape index (κ2) is 3.75. The fraction of sp³-hybridized carbons (Fsp3) is 1.00. The Labute approximate surface area is 75.3 Å². The summed E-state index contributed by atoms with van der Waals surface area (Å²) in [6.45, 7) is 2.12. The number of rotatable bonds is 1. The van der Waals surface area contributed by atoms with Crippen molar-refractivity contribution in [1.29, 1.82) is 0 Å². The summed E-state index contributed by atoms with van der Waals surface area (Å²) >= 11 is 0. The molecular formula is C8H18N2OS. The summed E-state index contributed by atoms with van der Waals surface area (Å²) in [5.41, 5.74) is 0. The maximum Gasteiger partial charge on any atom is 0.0465 e. The monoisotopic (exact) mass is 190 g/mol. The van der Waals surface area contributed by atoms with Gasteiger partial charge < -0.3 is 4.90 Å². The normalized spacial score (nSPS) is 26.6. The predicted octanol–water partition coefficient (Wildman–Crippen LogP) is 0.808. The Morgan fingerprint density at radius 2 is 1.92 bits per heavy atom. The first-order valence-corrected chi connectivity index (χ1v) is 6.32. The zero-order valence-electron chi connectivity index (χ0n) is 8.12. The Kier molecular flexibility index (Phi) is 3.12. The van der Waals surface area contributed by atoms with E-state index in [1.165, 1.54) is 0 Å². The minimum absolute atomic E-state index is 0.318. The van der Waals surface area contributed by atoms with Crippen LogP contribution in [0, 0.1) is 0 Å². The molecule has 1 aliphatic heterocycles. The Balaban J connectivity index is 2.62. The molecule has 1 rings (SSSR count). The summed E-state index contributed by atoms with van der Waals surface area (Å²) in [5, 5.41) is 0.318. The molecule has 0 saturated carbocycles. The third kappa shape index (κ3) is 2.20. The van der Waals surface area contributed by atoms with Crippen LogP contribution < -0.4 is 0 Å². The van der Waals surface area contributed by atoms with Gasteiger partial charge in [-0.15, -0.1) is 0 Å². The smallest absolute Gasteiger partial charge is 0.0465 e. The van der Waals surface area contributed by atoms with Crippen molar-refractivity contribution in [3.63, 3.8) is 0 Å². The van der Waals surface area contributed by atoms with Crippen LogP contribution in [0.25, 0.3) is 0 Å². The molecule has 0 aromatic heterocycles. The van der Waals surface area contributed by atoms with Crippen LogP contribution in [-0.2, 0) is 9.73 Å². The maximum absolute atomic E-state index is 11.8. The number of likely N-dealkylation sites (tertiary alicyclic amines) is 1. The van der Waals surface area contributed by atoms with Gasteiger partial charge >= 0.3 is 0 Å². The second-order valence-electron chi connectivity index (χ2n) is 3.55. The summed E-state index contributed by atoms with van der Waals surface area (Å²) in [5.74, 6) is 0.